The Kier molecular flexibility index (Phi) is 3.97. The Bertz CT molecular complexity index is 750. The van der Waals surface area contributed by atoms with Gasteiger partial charge in [0.15, 0.2) is 4.87 Å². The van der Waals surface area contributed by atoms with Crippen LogP contribution < -0.4 is 5.73 Å². The van der Waals surface area contributed by atoms with E-state index in [9.17, 15) is 18.3 Å². The highest BCUT2D eigenvalue weighted by atomic mass is 35.5. The number of sulfone groups is 1. The molecule has 21 heavy (non-hydrogen) atoms. The van der Waals surface area contributed by atoms with Crippen molar-refractivity contribution >= 4 is 27.4 Å². The van der Waals surface area contributed by atoms with E-state index >= 15 is 0 Å². The molecule has 112 valence electrons. The lowest BCUT2D eigenvalue weighted by Crippen LogP contribution is -2.52. The van der Waals surface area contributed by atoms with Crippen molar-refractivity contribution in [3.8, 4) is 0 Å². The van der Waals surface area contributed by atoms with E-state index in [0.717, 1.165) is 11.6 Å². The third-order valence-corrected chi connectivity index (χ3v) is 5.84. The number of hydrogen-bond donors (Lipinski definition) is 2. The molecule has 1 aliphatic carbocycles. The second-order valence-corrected chi connectivity index (χ2v) is 7.57. The molecule has 0 bridgehead atoms. The molecule has 0 heterocycles. The molecule has 5 nitrogen and oxygen atoms in total. The Morgan fingerprint density at radius 1 is 1.29 bits per heavy atom. The summed E-state index contributed by atoms with van der Waals surface area (Å²) >= 11 is 5.87. The molecule has 0 saturated heterocycles. The van der Waals surface area contributed by atoms with Crippen LogP contribution in [0.1, 0.15) is 12.0 Å². The Morgan fingerprint density at radius 3 is 2.38 bits per heavy atom. The van der Waals surface area contributed by atoms with E-state index in [2.05, 4.69) is 0 Å². The summed E-state index contributed by atoms with van der Waals surface area (Å²) in [7, 11) is -4.10. The Morgan fingerprint density at radius 2 is 1.86 bits per heavy atom. The van der Waals surface area contributed by atoms with Gasteiger partial charge in [-0.15, -0.1) is 0 Å². The molecular weight excluding hydrogens is 314 g/mol. The third kappa shape index (κ3) is 2.62. The van der Waals surface area contributed by atoms with Gasteiger partial charge in [0.25, 0.3) is 0 Å². The minimum atomic E-state index is -4.10. The van der Waals surface area contributed by atoms with Crippen LogP contribution in [0, 0.1) is 6.92 Å². The third-order valence-electron chi connectivity index (χ3n) is 3.36. The maximum Gasteiger partial charge on any atom is 0.334 e. The molecule has 0 radical (unpaired) electrons. The molecule has 1 atom stereocenters. The number of aryl methyl sites for hydroxylation is 1. The number of carboxylic acids is 1. The lowest BCUT2D eigenvalue weighted by Gasteiger charge is -2.31. The predicted molar refractivity (Wildman–Crippen MR) is 79.6 cm³/mol. The van der Waals surface area contributed by atoms with Gasteiger partial charge in [-0.05, 0) is 31.2 Å². The van der Waals surface area contributed by atoms with Crippen molar-refractivity contribution < 1.29 is 18.3 Å². The fourth-order valence-electron chi connectivity index (χ4n) is 2.14. The number of benzene rings is 1. The van der Waals surface area contributed by atoms with E-state index in [1.54, 1.807) is 12.1 Å². The van der Waals surface area contributed by atoms with Gasteiger partial charge in [0.05, 0.1) is 10.5 Å². The first-order valence-corrected chi connectivity index (χ1v) is 7.95. The molecule has 0 fully saturated rings. The standard InChI is InChI=1S/C14H14ClNO4S/c1-9-2-5-11(6-3-9)21(19,20)14(16)8-10(15)4-7-12(14)13(17)18/h2-7H,8,16H2,1H3,(H,17,18). The quantitative estimate of drug-likeness (QED) is 0.884. The van der Waals surface area contributed by atoms with Gasteiger partial charge in [0.2, 0.25) is 9.84 Å². The molecule has 1 unspecified atom stereocenters. The number of aliphatic carboxylic acids is 1. The molecule has 0 aliphatic heterocycles. The van der Waals surface area contributed by atoms with Gasteiger partial charge >= 0.3 is 5.97 Å². The summed E-state index contributed by atoms with van der Waals surface area (Å²) in [6.45, 7) is 1.82. The first kappa shape index (κ1) is 15.8. The van der Waals surface area contributed by atoms with Crippen LogP contribution in [0.4, 0.5) is 0 Å². The van der Waals surface area contributed by atoms with Crippen LogP contribution in [-0.2, 0) is 14.6 Å². The van der Waals surface area contributed by atoms with Crippen LogP contribution in [0.25, 0.3) is 0 Å². The van der Waals surface area contributed by atoms with Crippen molar-refractivity contribution in [2.24, 2.45) is 5.73 Å². The summed E-state index contributed by atoms with van der Waals surface area (Å²) in [6, 6.07) is 6.07. The molecule has 3 N–H and O–H groups in total. The molecular formula is C14H14ClNO4S. The van der Waals surface area contributed by atoms with Gasteiger partial charge in [-0.25, -0.2) is 13.2 Å². The van der Waals surface area contributed by atoms with Gasteiger partial charge in [0.1, 0.15) is 0 Å². The number of rotatable bonds is 3. The summed E-state index contributed by atoms with van der Waals surface area (Å²) < 4.78 is 25.5. The van der Waals surface area contributed by atoms with Crippen molar-refractivity contribution in [1.82, 2.24) is 0 Å². The van der Waals surface area contributed by atoms with Crippen LogP contribution in [0.2, 0.25) is 0 Å². The summed E-state index contributed by atoms with van der Waals surface area (Å²) in [4.78, 5) is 9.21. The number of hydrogen-bond acceptors (Lipinski definition) is 4. The van der Waals surface area contributed by atoms with Crippen LogP contribution in [-0.4, -0.2) is 24.4 Å². The zero-order chi connectivity index (χ0) is 15.8. The molecule has 0 spiro atoms. The van der Waals surface area contributed by atoms with E-state index < -0.39 is 26.3 Å². The summed E-state index contributed by atoms with van der Waals surface area (Å²) in [6.07, 6.45) is 2.21. The average molecular weight is 328 g/mol. The Hall–Kier alpha value is -1.63. The molecule has 1 aromatic rings. The van der Waals surface area contributed by atoms with E-state index in [4.69, 9.17) is 17.3 Å². The van der Waals surface area contributed by atoms with Gasteiger partial charge in [-0.1, -0.05) is 29.3 Å². The highest BCUT2D eigenvalue weighted by Gasteiger charge is 2.48. The summed E-state index contributed by atoms with van der Waals surface area (Å²) in [5, 5.41) is 9.42. The second kappa shape index (κ2) is 5.29. The van der Waals surface area contributed by atoms with Crippen molar-refractivity contribution in [3.63, 3.8) is 0 Å². The molecule has 0 aromatic heterocycles. The van der Waals surface area contributed by atoms with Gasteiger partial charge in [-0.2, -0.15) is 0 Å². The Balaban J connectivity index is 2.61. The Labute approximate surface area is 127 Å². The van der Waals surface area contributed by atoms with Crippen molar-refractivity contribution in [3.05, 3.63) is 52.6 Å². The second-order valence-electron chi connectivity index (χ2n) is 4.88. The van der Waals surface area contributed by atoms with Crippen LogP contribution in [0.15, 0.2) is 51.9 Å². The van der Waals surface area contributed by atoms with E-state index in [0.29, 0.717) is 0 Å². The number of carbonyl (C=O) groups is 1. The van der Waals surface area contributed by atoms with Crippen LogP contribution in [0.3, 0.4) is 0 Å². The smallest absolute Gasteiger partial charge is 0.334 e. The maximum atomic E-state index is 12.8. The van der Waals surface area contributed by atoms with E-state index in [-0.39, 0.29) is 16.3 Å². The lowest BCUT2D eigenvalue weighted by atomic mass is 9.99. The van der Waals surface area contributed by atoms with E-state index in [1.807, 2.05) is 6.92 Å². The SMILES string of the molecule is Cc1ccc(S(=O)(=O)C2(N)CC(Cl)=CC=C2C(=O)O)cc1. The topological polar surface area (TPSA) is 97.5 Å². The van der Waals surface area contributed by atoms with Crippen LogP contribution >= 0.6 is 11.6 Å². The zero-order valence-corrected chi connectivity index (χ0v) is 12.8. The summed E-state index contributed by atoms with van der Waals surface area (Å²) in [5.41, 5.74) is 6.47. The minimum Gasteiger partial charge on any atom is -0.478 e. The number of carboxylic acid groups (broad SMARTS) is 1. The maximum absolute atomic E-state index is 12.8. The van der Waals surface area contributed by atoms with Crippen molar-refractivity contribution in [2.45, 2.75) is 23.1 Å². The average Bonchev–Trinajstić information content (AvgIpc) is 2.38. The van der Waals surface area contributed by atoms with Gasteiger partial charge < -0.3 is 10.8 Å². The fraction of sp³-hybridized carbons (Fsp3) is 0.214. The van der Waals surface area contributed by atoms with E-state index in [1.165, 1.54) is 18.2 Å². The highest BCUT2D eigenvalue weighted by molar-refractivity contribution is 7.93. The molecule has 1 aromatic carbocycles. The first-order valence-electron chi connectivity index (χ1n) is 6.09. The monoisotopic (exact) mass is 327 g/mol. The first-order chi connectivity index (χ1) is 9.68. The zero-order valence-electron chi connectivity index (χ0n) is 11.2. The fourth-order valence-corrected chi connectivity index (χ4v) is 4.20. The largest absolute Gasteiger partial charge is 0.478 e. The molecule has 0 saturated carbocycles. The molecule has 0 amide bonds. The normalized spacial score (nSPS) is 22.4. The predicted octanol–water partition coefficient (Wildman–Crippen LogP) is 1.96. The van der Waals surface area contributed by atoms with Gasteiger partial charge in [0, 0.05) is 11.5 Å². The number of allylic oxidation sites excluding steroid dienone is 2. The number of halogens is 1. The molecule has 1 aliphatic rings. The highest BCUT2D eigenvalue weighted by Crippen LogP contribution is 2.37. The van der Waals surface area contributed by atoms with Gasteiger partial charge in [-0.3, -0.25) is 0 Å². The van der Waals surface area contributed by atoms with Crippen molar-refractivity contribution in [2.75, 3.05) is 0 Å². The molecule has 7 heteroatoms. The minimum absolute atomic E-state index is 0.0332. The lowest BCUT2D eigenvalue weighted by molar-refractivity contribution is -0.133. The van der Waals surface area contributed by atoms with Crippen LogP contribution in [0.5, 0.6) is 0 Å². The number of nitrogens with two attached hydrogens (primary N) is 1. The van der Waals surface area contributed by atoms with Crippen molar-refractivity contribution in [1.29, 1.82) is 0 Å². The summed E-state index contributed by atoms with van der Waals surface area (Å²) in [5.74, 6) is -1.38. The molecule has 2 rings (SSSR count).